The minimum absolute atomic E-state index is 0.779. The first-order chi connectivity index (χ1) is 5.20. The minimum Gasteiger partial charge on any atom is -0.398 e. The molecule has 60 valence electrons. The van der Waals surface area contributed by atoms with Gasteiger partial charge < -0.3 is 5.73 Å². The van der Waals surface area contributed by atoms with Gasteiger partial charge in [0.15, 0.2) is 0 Å². The number of thiophene rings is 1. The third-order valence-electron chi connectivity index (χ3n) is 2.53. The first-order valence-electron chi connectivity index (χ1n) is 4.03. The predicted octanol–water partition coefficient (Wildman–Crippen LogP) is 2.76. The summed E-state index contributed by atoms with van der Waals surface area (Å²) >= 11 is 1.78. The van der Waals surface area contributed by atoms with Gasteiger partial charge in [-0.1, -0.05) is 6.92 Å². The largest absolute Gasteiger partial charge is 0.398 e. The highest BCUT2D eigenvalue weighted by Gasteiger charge is 2.36. The molecular formula is C9H13NS. The molecule has 0 amide bonds. The highest BCUT2D eigenvalue weighted by molar-refractivity contribution is 7.10. The van der Waals surface area contributed by atoms with Crippen LogP contribution in [0.1, 0.15) is 29.7 Å². The van der Waals surface area contributed by atoms with Crippen molar-refractivity contribution < 1.29 is 0 Å². The second-order valence-corrected chi connectivity index (χ2v) is 4.56. The number of hydrogen-bond donors (Lipinski definition) is 1. The molecule has 2 rings (SSSR count). The summed E-state index contributed by atoms with van der Waals surface area (Å²) in [7, 11) is 0. The van der Waals surface area contributed by atoms with Crippen LogP contribution >= 0.6 is 11.3 Å². The zero-order valence-corrected chi connectivity index (χ0v) is 7.74. The van der Waals surface area contributed by atoms with Crippen molar-refractivity contribution in [3.63, 3.8) is 0 Å². The molecule has 2 N–H and O–H groups in total. The van der Waals surface area contributed by atoms with E-state index in [1.54, 1.807) is 11.3 Å². The number of anilines is 1. The van der Waals surface area contributed by atoms with E-state index in [4.69, 9.17) is 5.73 Å². The monoisotopic (exact) mass is 167 g/mol. The zero-order valence-electron chi connectivity index (χ0n) is 6.92. The molecular weight excluding hydrogens is 154 g/mol. The number of nitrogen functional groups attached to an aromatic ring is 1. The highest BCUT2D eigenvalue weighted by Crippen LogP contribution is 2.51. The fourth-order valence-corrected chi connectivity index (χ4v) is 2.51. The molecule has 0 aliphatic heterocycles. The van der Waals surface area contributed by atoms with Crippen LogP contribution in [0.2, 0.25) is 0 Å². The molecule has 1 aliphatic carbocycles. The molecule has 0 saturated heterocycles. The van der Waals surface area contributed by atoms with Gasteiger partial charge in [0.2, 0.25) is 0 Å². The minimum atomic E-state index is 0.779. The average Bonchev–Trinajstić information content (AvgIpc) is 2.54. The maximum Gasteiger partial charge on any atom is 0.0461 e. The quantitative estimate of drug-likeness (QED) is 0.684. The zero-order chi connectivity index (χ0) is 8.01. The molecule has 2 atom stereocenters. The molecule has 0 radical (unpaired) electrons. The molecule has 2 heteroatoms. The highest BCUT2D eigenvalue weighted by atomic mass is 32.1. The molecule has 2 unspecified atom stereocenters. The molecule has 0 aromatic carbocycles. The third-order valence-corrected chi connectivity index (χ3v) is 3.48. The Morgan fingerprint density at radius 3 is 2.64 bits per heavy atom. The summed E-state index contributed by atoms with van der Waals surface area (Å²) in [6, 6.07) is 0. The van der Waals surface area contributed by atoms with E-state index in [9.17, 15) is 0 Å². The number of aryl methyl sites for hydroxylation is 1. The standard InChI is InChI=1S/C9H13NS/c1-5-3-7(5)9-6(2)11-4-8(9)10/h4-5,7H,3,10H2,1-2H3. The Morgan fingerprint density at radius 2 is 2.27 bits per heavy atom. The van der Waals surface area contributed by atoms with Crippen molar-refractivity contribution in [3.05, 3.63) is 15.8 Å². The molecule has 1 aromatic heterocycles. The molecule has 1 aromatic rings. The Balaban J connectivity index is 2.36. The van der Waals surface area contributed by atoms with E-state index in [1.807, 2.05) is 0 Å². The molecule has 11 heavy (non-hydrogen) atoms. The summed E-state index contributed by atoms with van der Waals surface area (Å²) in [4.78, 5) is 1.41. The summed E-state index contributed by atoms with van der Waals surface area (Å²) in [6.07, 6.45) is 1.34. The van der Waals surface area contributed by atoms with E-state index in [2.05, 4.69) is 19.2 Å². The van der Waals surface area contributed by atoms with Gasteiger partial charge in [-0.15, -0.1) is 11.3 Å². The van der Waals surface area contributed by atoms with Gasteiger partial charge >= 0.3 is 0 Å². The average molecular weight is 167 g/mol. The van der Waals surface area contributed by atoms with Crippen LogP contribution in [0.25, 0.3) is 0 Å². The second-order valence-electron chi connectivity index (χ2n) is 3.48. The maximum absolute atomic E-state index is 5.85. The molecule has 0 bridgehead atoms. The van der Waals surface area contributed by atoms with Crippen molar-refractivity contribution in [2.45, 2.75) is 26.2 Å². The van der Waals surface area contributed by atoms with Crippen molar-refractivity contribution in [2.75, 3.05) is 5.73 Å². The van der Waals surface area contributed by atoms with E-state index < -0.39 is 0 Å². The predicted molar refractivity (Wildman–Crippen MR) is 50.0 cm³/mol. The fraction of sp³-hybridized carbons (Fsp3) is 0.556. The summed E-state index contributed by atoms with van der Waals surface area (Å²) in [5, 5.41) is 2.07. The lowest BCUT2D eigenvalue weighted by molar-refractivity contribution is 0.915. The normalized spacial score (nSPS) is 28.9. The van der Waals surface area contributed by atoms with Crippen LogP contribution in [0.5, 0.6) is 0 Å². The van der Waals surface area contributed by atoms with Crippen LogP contribution < -0.4 is 5.73 Å². The van der Waals surface area contributed by atoms with Crippen LogP contribution in [0, 0.1) is 12.8 Å². The maximum atomic E-state index is 5.85. The summed E-state index contributed by atoms with van der Waals surface area (Å²) < 4.78 is 0. The van der Waals surface area contributed by atoms with E-state index in [1.165, 1.54) is 16.9 Å². The van der Waals surface area contributed by atoms with E-state index >= 15 is 0 Å². The van der Waals surface area contributed by atoms with Gasteiger partial charge in [0.1, 0.15) is 0 Å². The Kier molecular flexibility index (Phi) is 1.46. The Labute approximate surface area is 71.2 Å². The molecule has 1 heterocycles. The SMILES string of the molecule is Cc1scc(N)c1C1CC1C. The summed E-state index contributed by atoms with van der Waals surface area (Å²) in [5.74, 6) is 1.65. The third kappa shape index (κ3) is 1.06. The van der Waals surface area contributed by atoms with Crippen LogP contribution in [0.4, 0.5) is 5.69 Å². The Morgan fingerprint density at radius 1 is 1.64 bits per heavy atom. The lowest BCUT2D eigenvalue weighted by Gasteiger charge is -1.97. The van der Waals surface area contributed by atoms with Crippen LogP contribution in [-0.4, -0.2) is 0 Å². The van der Waals surface area contributed by atoms with E-state index in [0.717, 1.165) is 17.5 Å². The van der Waals surface area contributed by atoms with Crippen molar-refractivity contribution in [3.8, 4) is 0 Å². The van der Waals surface area contributed by atoms with E-state index in [-0.39, 0.29) is 0 Å². The van der Waals surface area contributed by atoms with Gasteiger partial charge in [0.05, 0.1) is 0 Å². The van der Waals surface area contributed by atoms with Crippen molar-refractivity contribution in [1.29, 1.82) is 0 Å². The lowest BCUT2D eigenvalue weighted by Crippen LogP contribution is -1.89. The lowest BCUT2D eigenvalue weighted by atomic mass is 10.1. The van der Waals surface area contributed by atoms with Crippen LogP contribution in [0.15, 0.2) is 5.38 Å². The van der Waals surface area contributed by atoms with Crippen molar-refractivity contribution in [1.82, 2.24) is 0 Å². The van der Waals surface area contributed by atoms with Crippen LogP contribution in [0.3, 0.4) is 0 Å². The molecule has 1 saturated carbocycles. The molecule has 1 aliphatic rings. The summed E-state index contributed by atoms with van der Waals surface area (Å²) in [6.45, 7) is 4.46. The van der Waals surface area contributed by atoms with Gasteiger partial charge in [-0.25, -0.2) is 0 Å². The Hall–Kier alpha value is -0.500. The van der Waals surface area contributed by atoms with Crippen molar-refractivity contribution >= 4 is 17.0 Å². The number of hydrogen-bond acceptors (Lipinski definition) is 2. The molecule has 1 fully saturated rings. The van der Waals surface area contributed by atoms with E-state index in [0.29, 0.717) is 0 Å². The fourth-order valence-electron chi connectivity index (χ4n) is 1.68. The number of nitrogens with two attached hydrogens (primary N) is 1. The molecule has 1 nitrogen and oxygen atoms in total. The molecule has 0 spiro atoms. The van der Waals surface area contributed by atoms with Gasteiger partial charge in [-0.05, 0) is 30.7 Å². The van der Waals surface area contributed by atoms with Crippen molar-refractivity contribution in [2.24, 2.45) is 5.92 Å². The second kappa shape index (κ2) is 2.24. The topological polar surface area (TPSA) is 26.0 Å². The first kappa shape index (κ1) is 7.17. The smallest absolute Gasteiger partial charge is 0.0461 e. The number of rotatable bonds is 1. The van der Waals surface area contributed by atoms with Gasteiger partial charge in [0, 0.05) is 15.9 Å². The van der Waals surface area contributed by atoms with Gasteiger partial charge in [0.25, 0.3) is 0 Å². The van der Waals surface area contributed by atoms with Gasteiger partial charge in [-0.2, -0.15) is 0 Å². The summed E-state index contributed by atoms with van der Waals surface area (Å²) in [5.41, 5.74) is 8.30. The first-order valence-corrected chi connectivity index (χ1v) is 4.91. The Bertz CT molecular complexity index is 258. The van der Waals surface area contributed by atoms with Crippen LogP contribution in [-0.2, 0) is 0 Å². The van der Waals surface area contributed by atoms with Gasteiger partial charge in [-0.3, -0.25) is 0 Å².